The van der Waals surface area contributed by atoms with E-state index in [9.17, 15) is 14.4 Å². The first-order chi connectivity index (χ1) is 15.4. The molecule has 0 atom stereocenters. The van der Waals surface area contributed by atoms with E-state index in [1.807, 2.05) is 24.3 Å². The molecule has 0 unspecified atom stereocenters. The standard InChI is InChI=1S/C23H31N5O4/c1-16(20(30)31)8-9-19(29)28-23(14-17-6-2-3-7-18(17)15-23)21(32)24-10-4-5-11-25-22-26-12-13-27-22/h2-3,6-7H,1,4-5,8-15H2,(H,24,32)(H,28,29)(H,30,31)(H2,25,26,27). The molecule has 0 spiro atoms. The molecule has 1 aliphatic heterocycles. The highest BCUT2D eigenvalue weighted by Crippen LogP contribution is 2.30. The van der Waals surface area contributed by atoms with Crippen LogP contribution in [0.1, 0.15) is 36.8 Å². The Labute approximate surface area is 187 Å². The average Bonchev–Trinajstić information content (AvgIpc) is 3.42. The minimum atomic E-state index is -1.12. The van der Waals surface area contributed by atoms with Gasteiger partial charge in [0, 0.05) is 44.5 Å². The number of hydrogen-bond donors (Lipinski definition) is 5. The van der Waals surface area contributed by atoms with Crippen LogP contribution < -0.4 is 21.3 Å². The normalized spacial score (nSPS) is 15.8. The summed E-state index contributed by atoms with van der Waals surface area (Å²) < 4.78 is 0. The van der Waals surface area contributed by atoms with E-state index >= 15 is 0 Å². The number of carbonyl (C=O) groups excluding carboxylic acids is 2. The average molecular weight is 442 g/mol. The Morgan fingerprint density at radius 2 is 1.78 bits per heavy atom. The zero-order valence-electron chi connectivity index (χ0n) is 18.2. The molecule has 0 radical (unpaired) electrons. The second-order valence-corrected chi connectivity index (χ2v) is 8.21. The largest absolute Gasteiger partial charge is 0.478 e. The number of rotatable bonds is 11. The highest BCUT2D eigenvalue weighted by atomic mass is 16.4. The Kier molecular flexibility index (Phi) is 7.86. The van der Waals surface area contributed by atoms with Crippen molar-refractivity contribution in [3.05, 3.63) is 47.5 Å². The van der Waals surface area contributed by atoms with Gasteiger partial charge in [-0.1, -0.05) is 30.8 Å². The molecule has 0 fully saturated rings. The molecule has 0 saturated carbocycles. The second-order valence-electron chi connectivity index (χ2n) is 8.21. The number of benzene rings is 1. The third-order valence-corrected chi connectivity index (χ3v) is 5.73. The molecule has 172 valence electrons. The fraction of sp³-hybridized carbons (Fsp3) is 0.478. The Balaban J connectivity index is 1.53. The maximum atomic E-state index is 13.2. The van der Waals surface area contributed by atoms with E-state index in [1.165, 1.54) is 0 Å². The van der Waals surface area contributed by atoms with Crippen molar-refractivity contribution < 1.29 is 19.5 Å². The first-order valence-corrected chi connectivity index (χ1v) is 11.0. The van der Waals surface area contributed by atoms with Gasteiger partial charge in [-0.25, -0.2) is 4.79 Å². The van der Waals surface area contributed by atoms with Gasteiger partial charge in [0.2, 0.25) is 11.8 Å². The van der Waals surface area contributed by atoms with Crippen LogP contribution in [0.5, 0.6) is 0 Å². The van der Waals surface area contributed by atoms with Gasteiger partial charge in [-0.15, -0.1) is 0 Å². The summed E-state index contributed by atoms with van der Waals surface area (Å²) in [7, 11) is 0. The Morgan fingerprint density at radius 3 is 2.41 bits per heavy atom. The molecule has 9 heteroatoms. The van der Waals surface area contributed by atoms with Crippen molar-refractivity contribution in [2.24, 2.45) is 4.99 Å². The van der Waals surface area contributed by atoms with Gasteiger partial charge in [-0.3, -0.25) is 14.6 Å². The molecule has 3 rings (SSSR count). The van der Waals surface area contributed by atoms with Crippen LogP contribution in [0.15, 0.2) is 41.4 Å². The lowest BCUT2D eigenvalue weighted by atomic mass is 9.93. The molecular formula is C23H31N5O4. The van der Waals surface area contributed by atoms with Crippen molar-refractivity contribution in [3.8, 4) is 0 Å². The molecule has 2 amide bonds. The molecule has 1 aromatic rings. The number of carbonyl (C=O) groups is 3. The zero-order valence-corrected chi connectivity index (χ0v) is 18.2. The lowest BCUT2D eigenvalue weighted by molar-refractivity contribution is -0.134. The topological polar surface area (TPSA) is 132 Å². The first-order valence-electron chi connectivity index (χ1n) is 11.0. The summed E-state index contributed by atoms with van der Waals surface area (Å²) in [4.78, 5) is 41.0. The molecule has 1 aromatic carbocycles. The van der Waals surface area contributed by atoms with Crippen molar-refractivity contribution in [1.82, 2.24) is 21.3 Å². The molecule has 9 nitrogen and oxygen atoms in total. The maximum Gasteiger partial charge on any atom is 0.330 e. The number of hydrogen-bond acceptors (Lipinski definition) is 6. The fourth-order valence-electron chi connectivity index (χ4n) is 3.97. The molecule has 1 aliphatic carbocycles. The van der Waals surface area contributed by atoms with Crippen LogP contribution in [0, 0.1) is 0 Å². The SMILES string of the molecule is C=C(CCC(=O)NC1(C(=O)NCCCCNC2=NCCN2)Cc2ccccc2C1)C(=O)O. The summed E-state index contributed by atoms with van der Waals surface area (Å²) in [6, 6.07) is 7.77. The summed E-state index contributed by atoms with van der Waals surface area (Å²) in [5.41, 5.74) is 0.978. The van der Waals surface area contributed by atoms with Gasteiger partial charge in [0.05, 0.1) is 6.54 Å². The maximum absolute atomic E-state index is 13.2. The number of fused-ring (bicyclic) bond motifs is 1. The smallest absolute Gasteiger partial charge is 0.330 e. The van der Waals surface area contributed by atoms with Crippen LogP contribution in [0.4, 0.5) is 0 Å². The van der Waals surface area contributed by atoms with Crippen LogP contribution >= 0.6 is 0 Å². The number of amides is 2. The summed E-state index contributed by atoms with van der Waals surface area (Å²) >= 11 is 0. The van der Waals surface area contributed by atoms with Crippen LogP contribution in [-0.4, -0.2) is 60.6 Å². The summed E-state index contributed by atoms with van der Waals surface area (Å²) in [5, 5.41) is 21.2. The molecule has 0 bridgehead atoms. The van der Waals surface area contributed by atoms with Gasteiger partial charge in [0.25, 0.3) is 0 Å². The van der Waals surface area contributed by atoms with Crippen molar-refractivity contribution >= 4 is 23.7 Å². The van der Waals surface area contributed by atoms with E-state index in [-0.39, 0.29) is 30.2 Å². The highest BCUT2D eigenvalue weighted by molar-refractivity contribution is 5.93. The highest BCUT2D eigenvalue weighted by Gasteiger charge is 2.44. The Bertz CT molecular complexity index is 886. The van der Waals surface area contributed by atoms with Gasteiger partial charge < -0.3 is 26.4 Å². The fourth-order valence-corrected chi connectivity index (χ4v) is 3.97. The number of aliphatic imine (C=N–C) groups is 1. The van der Waals surface area contributed by atoms with Crippen molar-refractivity contribution in [2.75, 3.05) is 26.2 Å². The van der Waals surface area contributed by atoms with Crippen LogP contribution in [0.2, 0.25) is 0 Å². The van der Waals surface area contributed by atoms with Crippen molar-refractivity contribution in [1.29, 1.82) is 0 Å². The number of aliphatic carboxylic acids is 1. The number of nitrogens with zero attached hydrogens (tertiary/aromatic N) is 1. The van der Waals surface area contributed by atoms with Gasteiger partial charge >= 0.3 is 5.97 Å². The van der Waals surface area contributed by atoms with E-state index in [0.29, 0.717) is 19.4 Å². The molecule has 1 heterocycles. The third-order valence-electron chi connectivity index (χ3n) is 5.73. The number of guanidine groups is 1. The van der Waals surface area contributed by atoms with E-state index in [2.05, 4.69) is 32.8 Å². The van der Waals surface area contributed by atoms with E-state index in [0.717, 1.165) is 49.6 Å². The van der Waals surface area contributed by atoms with Crippen LogP contribution in [0.3, 0.4) is 0 Å². The van der Waals surface area contributed by atoms with Gasteiger partial charge in [0.1, 0.15) is 5.54 Å². The molecular weight excluding hydrogens is 410 g/mol. The number of nitrogens with one attached hydrogen (secondary N) is 4. The van der Waals surface area contributed by atoms with E-state index < -0.39 is 11.5 Å². The number of carboxylic acid groups (broad SMARTS) is 1. The molecule has 32 heavy (non-hydrogen) atoms. The second kappa shape index (κ2) is 10.8. The minimum absolute atomic E-state index is 0.0271. The monoisotopic (exact) mass is 441 g/mol. The lowest BCUT2D eigenvalue weighted by Crippen LogP contribution is -2.59. The number of unbranched alkanes of at least 4 members (excludes halogenated alkanes) is 1. The molecule has 5 N–H and O–H groups in total. The predicted octanol–water partition coefficient (Wildman–Crippen LogP) is 0.506. The summed E-state index contributed by atoms with van der Waals surface area (Å²) in [6.45, 7) is 6.38. The van der Waals surface area contributed by atoms with E-state index in [1.54, 1.807) is 0 Å². The first kappa shape index (κ1) is 23.3. The van der Waals surface area contributed by atoms with Gasteiger partial charge in [0.15, 0.2) is 5.96 Å². The molecule has 0 saturated heterocycles. The minimum Gasteiger partial charge on any atom is -0.478 e. The number of carboxylic acids is 1. The zero-order chi connectivity index (χ0) is 23.0. The summed E-state index contributed by atoms with van der Waals surface area (Å²) in [5.74, 6) is -0.868. The Morgan fingerprint density at radius 1 is 1.09 bits per heavy atom. The van der Waals surface area contributed by atoms with Gasteiger partial charge in [-0.2, -0.15) is 0 Å². The molecule has 2 aliphatic rings. The summed E-state index contributed by atoms with van der Waals surface area (Å²) in [6.07, 6.45) is 2.50. The molecule has 0 aromatic heterocycles. The third kappa shape index (κ3) is 6.09. The van der Waals surface area contributed by atoms with Gasteiger partial charge in [-0.05, 0) is 30.4 Å². The van der Waals surface area contributed by atoms with E-state index in [4.69, 9.17) is 5.11 Å². The van der Waals surface area contributed by atoms with Crippen LogP contribution in [-0.2, 0) is 27.2 Å². The Hall–Kier alpha value is -3.36. The van der Waals surface area contributed by atoms with Crippen molar-refractivity contribution in [2.45, 2.75) is 44.1 Å². The predicted molar refractivity (Wildman–Crippen MR) is 121 cm³/mol. The quantitative estimate of drug-likeness (QED) is 0.251. The lowest BCUT2D eigenvalue weighted by Gasteiger charge is -2.29. The van der Waals surface area contributed by atoms with Crippen LogP contribution in [0.25, 0.3) is 0 Å². The van der Waals surface area contributed by atoms with Crippen molar-refractivity contribution in [3.63, 3.8) is 0 Å².